The van der Waals surface area contributed by atoms with Crippen molar-refractivity contribution in [3.63, 3.8) is 0 Å². The van der Waals surface area contributed by atoms with Crippen LogP contribution in [0.2, 0.25) is 0 Å². The lowest BCUT2D eigenvalue weighted by molar-refractivity contribution is -0.127. The van der Waals surface area contributed by atoms with Crippen LogP contribution < -0.4 is 15.0 Å². The van der Waals surface area contributed by atoms with E-state index in [-0.39, 0.29) is 5.91 Å². The van der Waals surface area contributed by atoms with Crippen molar-refractivity contribution in [1.82, 2.24) is 15.3 Å². The number of aromatic nitrogens is 2. The van der Waals surface area contributed by atoms with E-state index in [0.717, 1.165) is 28.1 Å². The SMILES string of the molecule is CCCNC(=O)[C@@H]1CN(c2ncnc3sc(C)c(C)c23)c2ccccc2O1. The molecule has 0 saturated heterocycles. The Morgan fingerprint density at radius 1 is 1.33 bits per heavy atom. The van der Waals surface area contributed by atoms with Gasteiger partial charge in [-0.05, 0) is 38.0 Å². The zero-order chi connectivity index (χ0) is 19.0. The van der Waals surface area contributed by atoms with Crippen molar-refractivity contribution in [2.45, 2.75) is 33.3 Å². The van der Waals surface area contributed by atoms with Gasteiger partial charge in [0.25, 0.3) is 5.91 Å². The van der Waals surface area contributed by atoms with Crippen LogP contribution >= 0.6 is 11.3 Å². The largest absolute Gasteiger partial charge is 0.477 e. The molecule has 0 aliphatic carbocycles. The van der Waals surface area contributed by atoms with E-state index >= 15 is 0 Å². The lowest BCUT2D eigenvalue weighted by Gasteiger charge is -2.35. The maximum Gasteiger partial charge on any atom is 0.262 e. The quantitative estimate of drug-likeness (QED) is 0.745. The summed E-state index contributed by atoms with van der Waals surface area (Å²) in [5.41, 5.74) is 2.10. The third kappa shape index (κ3) is 3.12. The number of benzene rings is 1. The van der Waals surface area contributed by atoms with Gasteiger partial charge in [-0.1, -0.05) is 19.1 Å². The highest BCUT2D eigenvalue weighted by Crippen LogP contribution is 2.42. The molecule has 1 aliphatic rings. The number of ether oxygens (including phenoxy) is 1. The van der Waals surface area contributed by atoms with Gasteiger partial charge in [-0.15, -0.1) is 11.3 Å². The first-order valence-electron chi connectivity index (χ1n) is 9.11. The molecule has 1 N–H and O–H groups in total. The van der Waals surface area contributed by atoms with E-state index in [1.165, 1.54) is 10.4 Å². The van der Waals surface area contributed by atoms with E-state index in [1.54, 1.807) is 17.7 Å². The number of aryl methyl sites for hydroxylation is 2. The molecule has 140 valence electrons. The molecule has 2 aromatic heterocycles. The molecule has 1 atom stereocenters. The Hall–Kier alpha value is -2.67. The Morgan fingerprint density at radius 3 is 2.96 bits per heavy atom. The van der Waals surface area contributed by atoms with Crippen molar-refractivity contribution in [3.05, 3.63) is 41.0 Å². The number of nitrogens with zero attached hydrogens (tertiary/aromatic N) is 3. The van der Waals surface area contributed by atoms with Crippen molar-refractivity contribution in [3.8, 4) is 5.75 Å². The van der Waals surface area contributed by atoms with E-state index in [0.29, 0.717) is 18.8 Å². The number of carbonyl (C=O) groups excluding carboxylic acids is 1. The van der Waals surface area contributed by atoms with Crippen LogP contribution in [-0.2, 0) is 4.79 Å². The predicted molar refractivity (Wildman–Crippen MR) is 108 cm³/mol. The highest BCUT2D eigenvalue weighted by atomic mass is 32.1. The standard InChI is InChI=1S/C20H22N4O2S/c1-4-9-21-19(25)16-10-24(14-7-5-6-8-15(14)26-16)18-17-12(2)13(3)27-20(17)23-11-22-18/h5-8,11,16H,4,9-10H2,1-3H3,(H,21,25)/t16-/m0/s1. The Morgan fingerprint density at radius 2 is 2.15 bits per heavy atom. The number of rotatable bonds is 4. The van der Waals surface area contributed by atoms with Crippen molar-refractivity contribution in [1.29, 1.82) is 0 Å². The maximum absolute atomic E-state index is 12.6. The van der Waals surface area contributed by atoms with Crippen LogP contribution in [0.15, 0.2) is 30.6 Å². The van der Waals surface area contributed by atoms with Crippen LogP contribution in [0.1, 0.15) is 23.8 Å². The van der Waals surface area contributed by atoms with E-state index < -0.39 is 6.10 Å². The summed E-state index contributed by atoms with van der Waals surface area (Å²) >= 11 is 1.67. The summed E-state index contributed by atoms with van der Waals surface area (Å²) in [5, 5.41) is 3.98. The number of fused-ring (bicyclic) bond motifs is 2. The van der Waals surface area contributed by atoms with Crippen LogP contribution in [0.5, 0.6) is 5.75 Å². The molecule has 0 bridgehead atoms. The molecule has 0 unspecified atom stereocenters. The molecule has 6 nitrogen and oxygen atoms in total. The Labute approximate surface area is 162 Å². The van der Waals surface area contributed by atoms with Gasteiger partial charge in [0.2, 0.25) is 0 Å². The van der Waals surface area contributed by atoms with Crippen LogP contribution in [0, 0.1) is 13.8 Å². The van der Waals surface area contributed by atoms with Gasteiger partial charge in [0, 0.05) is 11.4 Å². The topological polar surface area (TPSA) is 67.4 Å². The second-order valence-corrected chi connectivity index (χ2v) is 7.84. The second-order valence-electron chi connectivity index (χ2n) is 6.64. The van der Waals surface area contributed by atoms with Gasteiger partial charge in [0.15, 0.2) is 6.10 Å². The minimum Gasteiger partial charge on any atom is -0.477 e. The Balaban J connectivity index is 1.81. The average molecular weight is 382 g/mol. The number of thiophene rings is 1. The Kier molecular flexibility index (Phi) is 4.70. The van der Waals surface area contributed by atoms with Gasteiger partial charge < -0.3 is 15.0 Å². The zero-order valence-electron chi connectivity index (χ0n) is 15.7. The van der Waals surface area contributed by atoms with Crippen LogP contribution in [0.3, 0.4) is 0 Å². The predicted octanol–water partition coefficient (Wildman–Crippen LogP) is 3.73. The fourth-order valence-electron chi connectivity index (χ4n) is 3.30. The summed E-state index contributed by atoms with van der Waals surface area (Å²) in [6.45, 7) is 7.27. The van der Waals surface area contributed by atoms with Crippen molar-refractivity contribution >= 4 is 39.0 Å². The van der Waals surface area contributed by atoms with Gasteiger partial charge in [0.05, 0.1) is 17.6 Å². The lowest BCUT2D eigenvalue weighted by Crippen LogP contribution is -2.48. The van der Waals surface area contributed by atoms with Crippen molar-refractivity contribution in [2.24, 2.45) is 0 Å². The second kappa shape index (κ2) is 7.15. The average Bonchev–Trinajstić information content (AvgIpc) is 2.99. The monoisotopic (exact) mass is 382 g/mol. The summed E-state index contributed by atoms with van der Waals surface area (Å²) < 4.78 is 6.00. The molecule has 4 rings (SSSR count). The molecule has 0 spiro atoms. The Bertz CT molecular complexity index is 1000. The first kappa shape index (κ1) is 17.7. The number of amides is 1. The van der Waals surface area contributed by atoms with Crippen LogP contribution in [-0.4, -0.2) is 35.1 Å². The van der Waals surface area contributed by atoms with Crippen molar-refractivity contribution < 1.29 is 9.53 Å². The van der Waals surface area contributed by atoms with E-state index in [1.807, 2.05) is 31.2 Å². The van der Waals surface area contributed by atoms with E-state index in [2.05, 4.69) is 34.0 Å². The molecule has 27 heavy (non-hydrogen) atoms. The summed E-state index contributed by atoms with van der Waals surface area (Å²) in [4.78, 5) is 25.9. The summed E-state index contributed by atoms with van der Waals surface area (Å²) in [5.74, 6) is 1.42. The molecular weight excluding hydrogens is 360 g/mol. The highest BCUT2D eigenvalue weighted by Gasteiger charge is 2.33. The normalized spacial score (nSPS) is 16.1. The molecule has 0 radical (unpaired) electrons. The molecule has 1 aliphatic heterocycles. The van der Waals surface area contributed by atoms with Crippen LogP contribution in [0.25, 0.3) is 10.2 Å². The molecule has 3 heterocycles. The summed E-state index contributed by atoms with van der Waals surface area (Å²) in [6, 6.07) is 7.78. The maximum atomic E-state index is 12.6. The third-order valence-corrected chi connectivity index (χ3v) is 5.93. The van der Waals surface area contributed by atoms with Gasteiger partial charge in [-0.2, -0.15) is 0 Å². The molecule has 7 heteroatoms. The summed E-state index contributed by atoms with van der Waals surface area (Å²) in [6.07, 6.45) is 1.90. The number of anilines is 2. The van der Waals surface area contributed by atoms with E-state index in [9.17, 15) is 4.79 Å². The molecule has 0 saturated carbocycles. The fourth-order valence-corrected chi connectivity index (χ4v) is 4.29. The molecule has 3 aromatic rings. The van der Waals surface area contributed by atoms with Gasteiger partial charge in [-0.3, -0.25) is 4.79 Å². The number of hydrogen-bond acceptors (Lipinski definition) is 6. The molecule has 1 amide bonds. The molecule has 1 aromatic carbocycles. The summed E-state index contributed by atoms with van der Waals surface area (Å²) in [7, 11) is 0. The number of nitrogens with one attached hydrogen (secondary N) is 1. The lowest BCUT2D eigenvalue weighted by atomic mass is 10.1. The highest BCUT2D eigenvalue weighted by molar-refractivity contribution is 7.18. The van der Waals surface area contributed by atoms with Crippen molar-refractivity contribution in [2.75, 3.05) is 18.0 Å². The number of carbonyl (C=O) groups is 1. The smallest absolute Gasteiger partial charge is 0.262 e. The van der Waals surface area contributed by atoms with Crippen LogP contribution in [0.4, 0.5) is 11.5 Å². The number of hydrogen-bond donors (Lipinski definition) is 1. The number of para-hydroxylation sites is 2. The zero-order valence-corrected chi connectivity index (χ0v) is 16.5. The first-order chi connectivity index (χ1) is 13.1. The molecule has 0 fully saturated rings. The minimum atomic E-state index is -0.587. The third-order valence-electron chi connectivity index (χ3n) is 4.82. The fraction of sp³-hybridized carbons (Fsp3) is 0.350. The first-order valence-corrected chi connectivity index (χ1v) is 9.93. The minimum absolute atomic E-state index is 0.0973. The van der Waals surface area contributed by atoms with Gasteiger partial charge in [0.1, 0.15) is 22.7 Å². The van der Waals surface area contributed by atoms with Gasteiger partial charge in [-0.25, -0.2) is 9.97 Å². The molecular formula is C20H22N4O2S. The van der Waals surface area contributed by atoms with E-state index in [4.69, 9.17) is 4.74 Å². The van der Waals surface area contributed by atoms with Gasteiger partial charge >= 0.3 is 0 Å².